The number of aryl methyl sites for hydroxylation is 2. The number of rotatable bonds is 12. The molecule has 0 amide bonds. The molecule has 5 rings (SSSR count). The van der Waals surface area contributed by atoms with Crippen molar-refractivity contribution >= 4 is 53.2 Å². The number of aromatic nitrogens is 5. The third kappa shape index (κ3) is 7.50. The van der Waals surface area contributed by atoms with Crippen molar-refractivity contribution < 1.29 is 9.84 Å². The molecule has 10 heteroatoms. The molecule has 41 heavy (non-hydrogen) atoms. The first-order valence-corrected chi connectivity index (χ1v) is 18.4. The number of fused-ring (bicyclic) bond motifs is 2. The summed E-state index contributed by atoms with van der Waals surface area (Å²) in [6.45, 7) is 8.10. The minimum absolute atomic E-state index is 0.0194. The van der Waals surface area contributed by atoms with Crippen LogP contribution >= 0.6 is 23.2 Å². The summed E-state index contributed by atoms with van der Waals surface area (Å²) in [4.78, 5) is 17.6. The molecule has 0 aliphatic carbocycles. The van der Waals surface area contributed by atoms with Crippen LogP contribution in [0, 0.1) is 0 Å². The zero-order chi connectivity index (χ0) is 29.0. The number of benzene rings is 1. The van der Waals surface area contributed by atoms with Gasteiger partial charge in [0, 0.05) is 50.4 Å². The van der Waals surface area contributed by atoms with Crippen LogP contribution in [0.4, 0.5) is 0 Å². The van der Waals surface area contributed by atoms with Crippen LogP contribution in [-0.2, 0) is 30.9 Å². The third-order valence-corrected chi connectivity index (χ3v) is 9.28. The number of hydrogen-bond acceptors (Lipinski definition) is 6. The Hall–Kier alpha value is -2.88. The van der Waals surface area contributed by atoms with Crippen LogP contribution in [-0.4, -0.2) is 44.3 Å². The number of aliphatic hydroxyl groups is 1. The second kappa shape index (κ2) is 13.0. The molecule has 4 aromatic heterocycles. The van der Waals surface area contributed by atoms with Gasteiger partial charge in [-0.1, -0.05) is 43.4 Å². The molecule has 0 aliphatic rings. The van der Waals surface area contributed by atoms with E-state index in [-0.39, 0.29) is 11.9 Å². The molecule has 0 aliphatic heterocycles. The Bertz CT molecular complexity index is 1670. The van der Waals surface area contributed by atoms with Gasteiger partial charge in [-0.3, -0.25) is 9.97 Å². The fourth-order valence-electron chi connectivity index (χ4n) is 4.88. The molecule has 1 N–H and O–H groups in total. The maximum Gasteiger partial charge on any atom is 0.225 e. The van der Waals surface area contributed by atoms with Crippen molar-refractivity contribution in [3.05, 3.63) is 82.2 Å². The van der Waals surface area contributed by atoms with Crippen molar-refractivity contribution in [2.75, 3.05) is 6.61 Å². The second-order valence-electron chi connectivity index (χ2n) is 11.7. The van der Waals surface area contributed by atoms with Crippen molar-refractivity contribution in [2.45, 2.75) is 64.7 Å². The number of halogens is 2. The van der Waals surface area contributed by atoms with Crippen molar-refractivity contribution in [1.29, 1.82) is 0 Å². The minimum atomic E-state index is -1.19. The summed E-state index contributed by atoms with van der Waals surface area (Å²) in [6.07, 6.45) is 11.5. The Morgan fingerprint density at radius 3 is 2.44 bits per heavy atom. The van der Waals surface area contributed by atoms with Gasteiger partial charge in [-0.25, -0.2) is 4.98 Å². The number of pyridine rings is 2. The third-order valence-electron chi connectivity index (χ3n) is 7.14. The lowest BCUT2D eigenvalue weighted by atomic mass is 10.0. The normalized spacial score (nSPS) is 12.0. The largest absolute Gasteiger partial charge is 0.392 e. The van der Waals surface area contributed by atoms with Gasteiger partial charge in [0.05, 0.1) is 17.5 Å². The predicted octanol–water partition coefficient (Wildman–Crippen LogP) is 7.72. The van der Waals surface area contributed by atoms with Crippen LogP contribution in [0.1, 0.15) is 29.5 Å². The predicted molar refractivity (Wildman–Crippen MR) is 169 cm³/mol. The molecule has 0 atom stereocenters. The van der Waals surface area contributed by atoms with Crippen molar-refractivity contribution in [3.63, 3.8) is 0 Å². The van der Waals surface area contributed by atoms with Gasteiger partial charge in [0.25, 0.3) is 0 Å². The van der Waals surface area contributed by atoms with E-state index in [1.54, 1.807) is 6.20 Å². The lowest BCUT2D eigenvalue weighted by Gasteiger charge is -2.15. The number of unbranched alkanes of at least 4 members (excludes halogenated alkanes) is 1. The Labute approximate surface area is 251 Å². The number of aliphatic hydroxyl groups excluding tert-OH is 1. The monoisotopic (exact) mass is 607 g/mol. The van der Waals surface area contributed by atoms with Crippen LogP contribution in [0.15, 0.2) is 55.1 Å². The van der Waals surface area contributed by atoms with Gasteiger partial charge in [-0.05, 0) is 83.8 Å². The van der Waals surface area contributed by atoms with Crippen LogP contribution in [0.3, 0.4) is 0 Å². The Kier molecular flexibility index (Phi) is 9.36. The molecule has 0 saturated heterocycles. The summed E-state index contributed by atoms with van der Waals surface area (Å²) in [5, 5.41) is 11.6. The van der Waals surface area contributed by atoms with Crippen molar-refractivity contribution in [3.8, 4) is 11.1 Å². The van der Waals surface area contributed by atoms with Gasteiger partial charge < -0.3 is 14.4 Å². The Morgan fingerprint density at radius 1 is 0.927 bits per heavy atom. The second-order valence-corrected chi connectivity index (χ2v) is 18.0. The van der Waals surface area contributed by atoms with E-state index in [2.05, 4.69) is 52.8 Å². The van der Waals surface area contributed by atoms with Gasteiger partial charge in [0.2, 0.25) is 5.28 Å². The molecule has 0 bridgehead atoms. The first kappa shape index (κ1) is 29.6. The van der Waals surface area contributed by atoms with E-state index in [0.29, 0.717) is 24.1 Å². The van der Waals surface area contributed by atoms with Crippen LogP contribution < -0.4 is 0 Å². The molecule has 0 spiro atoms. The zero-order valence-corrected chi connectivity index (χ0v) is 26.2. The molecular formula is C31H35Cl2N5O2Si. The molecule has 214 valence electrons. The van der Waals surface area contributed by atoms with Gasteiger partial charge in [-0.15, -0.1) is 0 Å². The summed E-state index contributed by atoms with van der Waals surface area (Å²) in [7, 11) is -1.19. The van der Waals surface area contributed by atoms with Crippen LogP contribution in [0.5, 0.6) is 0 Å². The maximum absolute atomic E-state index is 9.34. The van der Waals surface area contributed by atoms with Crippen molar-refractivity contribution in [2.24, 2.45) is 0 Å². The minimum Gasteiger partial charge on any atom is -0.392 e. The van der Waals surface area contributed by atoms with E-state index >= 15 is 0 Å². The van der Waals surface area contributed by atoms with E-state index in [9.17, 15) is 5.11 Å². The standard InChI is InChI=1S/C31H35Cl2N5O2Si/c1-41(2,3)11-10-40-20-38-18-26(28-29(32)36-31(33)37-30(28)38)24-8-9-27-25(14-24)13-22(17-35-27)7-5-4-6-21-12-23(19-39)16-34-15-21/h8-9,12-18,39H,4-7,10-11,19-20H2,1-3H3. The highest BCUT2D eigenvalue weighted by molar-refractivity contribution is 6.76. The fraction of sp³-hybridized carbons (Fsp3) is 0.355. The summed E-state index contributed by atoms with van der Waals surface area (Å²) in [5.41, 5.74) is 6.74. The molecule has 4 heterocycles. The van der Waals surface area contributed by atoms with Gasteiger partial charge in [-0.2, -0.15) is 4.98 Å². The topological polar surface area (TPSA) is 86.0 Å². The first-order valence-electron chi connectivity index (χ1n) is 13.9. The van der Waals surface area contributed by atoms with Crippen LogP contribution in [0.2, 0.25) is 36.1 Å². The molecule has 5 aromatic rings. The van der Waals surface area contributed by atoms with Gasteiger partial charge in [0.15, 0.2) is 0 Å². The zero-order valence-electron chi connectivity index (χ0n) is 23.7. The molecule has 0 radical (unpaired) electrons. The van der Waals surface area contributed by atoms with E-state index in [4.69, 9.17) is 32.9 Å². The average Bonchev–Trinajstić information content (AvgIpc) is 3.31. The smallest absolute Gasteiger partial charge is 0.225 e. The lowest BCUT2D eigenvalue weighted by Crippen LogP contribution is -2.22. The van der Waals surface area contributed by atoms with Gasteiger partial charge in [0.1, 0.15) is 17.5 Å². The lowest BCUT2D eigenvalue weighted by molar-refractivity contribution is 0.0899. The highest BCUT2D eigenvalue weighted by Crippen LogP contribution is 2.36. The average molecular weight is 609 g/mol. The molecule has 1 aromatic carbocycles. The highest BCUT2D eigenvalue weighted by Gasteiger charge is 2.18. The molecular weight excluding hydrogens is 573 g/mol. The van der Waals surface area contributed by atoms with E-state index in [1.165, 1.54) is 5.56 Å². The maximum atomic E-state index is 9.34. The SMILES string of the molecule is C[Si](C)(C)CCOCn1cc(-c2ccc3ncc(CCCCc4cncc(CO)c4)cc3c2)c2c(Cl)nc(Cl)nc21. The number of ether oxygens (including phenoxy) is 1. The number of hydrogen-bond donors (Lipinski definition) is 1. The summed E-state index contributed by atoms with van der Waals surface area (Å²) >= 11 is 12.8. The van der Waals surface area contributed by atoms with Crippen LogP contribution in [0.25, 0.3) is 33.1 Å². The Balaban J connectivity index is 1.35. The molecule has 0 fully saturated rings. The summed E-state index contributed by atoms with van der Waals surface area (Å²) in [6, 6.07) is 11.6. The van der Waals surface area contributed by atoms with Gasteiger partial charge >= 0.3 is 0 Å². The first-order chi connectivity index (χ1) is 19.7. The summed E-state index contributed by atoms with van der Waals surface area (Å²) in [5.74, 6) is 0. The van der Waals surface area contributed by atoms with Crippen molar-refractivity contribution in [1.82, 2.24) is 24.5 Å². The van der Waals surface area contributed by atoms with E-state index in [1.807, 2.05) is 35.3 Å². The fourth-order valence-corrected chi connectivity index (χ4v) is 6.11. The quantitative estimate of drug-likeness (QED) is 0.0676. The molecule has 0 saturated carbocycles. The van der Waals surface area contributed by atoms with E-state index < -0.39 is 8.07 Å². The number of nitrogens with zero attached hydrogens (tertiary/aromatic N) is 5. The highest BCUT2D eigenvalue weighted by atomic mass is 35.5. The molecule has 0 unspecified atom stereocenters. The molecule has 7 nitrogen and oxygen atoms in total. The summed E-state index contributed by atoms with van der Waals surface area (Å²) < 4.78 is 7.99. The van der Waals surface area contributed by atoms with E-state index in [0.717, 1.165) is 70.3 Å². The Morgan fingerprint density at radius 2 is 1.68 bits per heavy atom.